The standard InChI is InChI=1S/C21H27NO4/c1-21(2,3)14-8-10-15(11-9-14)22(4)20(23)16-12-13-17(24-5)19(26-7)18(16)25-6/h8-13H,1-7H3. The molecule has 5 heteroatoms. The summed E-state index contributed by atoms with van der Waals surface area (Å²) in [5.74, 6) is 1.08. The number of hydrogen-bond donors (Lipinski definition) is 0. The molecule has 0 aliphatic heterocycles. The number of rotatable bonds is 5. The van der Waals surface area contributed by atoms with Crippen molar-refractivity contribution >= 4 is 11.6 Å². The van der Waals surface area contributed by atoms with Gasteiger partial charge in [-0.1, -0.05) is 32.9 Å². The molecule has 0 atom stereocenters. The largest absolute Gasteiger partial charge is 0.493 e. The first-order valence-corrected chi connectivity index (χ1v) is 8.42. The highest BCUT2D eigenvalue weighted by Gasteiger charge is 2.24. The molecule has 1 amide bonds. The van der Waals surface area contributed by atoms with E-state index < -0.39 is 0 Å². The Morgan fingerprint density at radius 1 is 0.846 bits per heavy atom. The average Bonchev–Trinajstić information content (AvgIpc) is 2.64. The predicted octanol–water partition coefficient (Wildman–Crippen LogP) is 4.29. The molecular formula is C21H27NO4. The number of amides is 1. The van der Waals surface area contributed by atoms with Crippen LogP contribution in [0.1, 0.15) is 36.7 Å². The van der Waals surface area contributed by atoms with Crippen LogP contribution in [-0.2, 0) is 5.41 Å². The summed E-state index contributed by atoms with van der Waals surface area (Å²) < 4.78 is 16.1. The Balaban J connectivity index is 2.39. The van der Waals surface area contributed by atoms with Crippen molar-refractivity contribution in [2.45, 2.75) is 26.2 Å². The smallest absolute Gasteiger partial charge is 0.261 e. The zero-order valence-electron chi connectivity index (χ0n) is 16.5. The molecule has 0 saturated heterocycles. The average molecular weight is 357 g/mol. The van der Waals surface area contributed by atoms with Crippen LogP contribution in [0.2, 0.25) is 0 Å². The maximum Gasteiger partial charge on any atom is 0.261 e. The van der Waals surface area contributed by atoms with Crippen LogP contribution in [0.5, 0.6) is 17.2 Å². The van der Waals surface area contributed by atoms with Crippen LogP contribution in [0.3, 0.4) is 0 Å². The zero-order chi connectivity index (χ0) is 19.5. The summed E-state index contributed by atoms with van der Waals surface area (Å²) in [6, 6.07) is 11.4. The van der Waals surface area contributed by atoms with Crippen LogP contribution in [0.4, 0.5) is 5.69 Å². The summed E-state index contributed by atoms with van der Waals surface area (Å²) in [5.41, 5.74) is 2.49. The van der Waals surface area contributed by atoms with Gasteiger partial charge in [-0.2, -0.15) is 0 Å². The molecule has 0 aromatic heterocycles. The van der Waals surface area contributed by atoms with E-state index in [1.54, 1.807) is 31.2 Å². The molecule has 2 rings (SSSR count). The number of anilines is 1. The zero-order valence-corrected chi connectivity index (χ0v) is 16.5. The lowest BCUT2D eigenvalue weighted by atomic mass is 9.87. The molecule has 0 N–H and O–H groups in total. The number of carbonyl (C=O) groups excluding carboxylic acids is 1. The lowest BCUT2D eigenvalue weighted by Gasteiger charge is -2.23. The van der Waals surface area contributed by atoms with Gasteiger partial charge in [0.05, 0.1) is 26.9 Å². The molecule has 0 spiro atoms. The first-order chi connectivity index (χ1) is 12.2. The highest BCUT2D eigenvalue weighted by atomic mass is 16.5. The van der Waals surface area contributed by atoms with Gasteiger partial charge in [0.1, 0.15) is 0 Å². The first kappa shape index (κ1) is 19.6. The minimum atomic E-state index is -0.189. The maximum absolute atomic E-state index is 13.0. The summed E-state index contributed by atoms with van der Waals surface area (Å²) in [5, 5.41) is 0. The normalized spacial score (nSPS) is 11.0. The number of ether oxygens (including phenoxy) is 3. The van der Waals surface area contributed by atoms with E-state index in [1.807, 2.05) is 24.3 Å². The third kappa shape index (κ3) is 3.77. The number of nitrogens with zero attached hydrogens (tertiary/aromatic N) is 1. The van der Waals surface area contributed by atoms with Gasteiger partial charge in [-0.3, -0.25) is 4.79 Å². The van der Waals surface area contributed by atoms with Crippen LogP contribution < -0.4 is 19.1 Å². The number of methoxy groups -OCH3 is 3. The topological polar surface area (TPSA) is 48.0 Å². The van der Waals surface area contributed by atoms with E-state index in [9.17, 15) is 4.79 Å². The van der Waals surface area contributed by atoms with Gasteiger partial charge < -0.3 is 19.1 Å². The van der Waals surface area contributed by atoms with Crippen LogP contribution in [0, 0.1) is 0 Å². The van der Waals surface area contributed by atoms with Gasteiger partial charge in [-0.05, 0) is 35.2 Å². The van der Waals surface area contributed by atoms with Crippen molar-refractivity contribution in [3.05, 3.63) is 47.5 Å². The van der Waals surface area contributed by atoms with Gasteiger partial charge in [0.25, 0.3) is 5.91 Å². The van der Waals surface area contributed by atoms with Crippen molar-refractivity contribution in [3.8, 4) is 17.2 Å². The Kier molecular flexibility index (Phi) is 5.80. The molecule has 5 nitrogen and oxygen atoms in total. The van der Waals surface area contributed by atoms with Crippen LogP contribution in [0.25, 0.3) is 0 Å². The SMILES string of the molecule is COc1ccc(C(=O)N(C)c2ccc(C(C)(C)C)cc2)c(OC)c1OC. The molecule has 0 saturated carbocycles. The maximum atomic E-state index is 13.0. The fraction of sp³-hybridized carbons (Fsp3) is 0.381. The molecule has 0 heterocycles. The van der Waals surface area contributed by atoms with Gasteiger partial charge in [0.15, 0.2) is 11.5 Å². The Bertz CT molecular complexity index is 776. The Labute approximate surface area is 155 Å². The third-order valence-electron chi connectivity index (χ3n) is 4.36. The van der Waals surface area contributed by atoms with Crippen LogP contribution >= 0.6 is 0 Å². The lowest BCUT2D eigenvalue weighted by Crippen LogP contribution is -2.27. The van der Waals surface area contributed by atoms with Gasteiger partial charge in [0, 0.05) is 12.7 Å². The third-order valence-corrected chi connectivity index (χ3v) is 4.36. The number of benzene rings is 2. The molecule has 0 radical (unpaired) electrons. The molecular weight excluding hydrogens is 330 g/mol. The molecule has 2 aromatic carbocycles. The van der Waals surface area contributed by atoms with Crippen LogP contribution in [-0.4, -0.2) is 34.3 Å². The second-order valence-electron chi connectivity index (χ2n) is 7.04. The lowest BCUT2D eigenvalue weighted by molar-refractivity contribution is 0.0989. The highest BCUT2D eigenvalue weighted by molar-refractivity contribution is 6.08. The van der Waals surface area contributed by atoms with E-state index in [-0.39, 0.29) is 11.3 Å². The van der Waals surface area contributed by atoms with Crippen molar-refractivity contribution in [1.82, 2.24) is 0 Å². The minimum Gasteiger partial charge on any atom is -0.493 e. The van der Waals surface area contributed by atoms with Gasteiger partial charge in [0.2, 0.25) is 5.75 Å². The molecule has 0 aliphatic carbocycles. The Morgan fingerprint density at radius 3 is 1.88 bits per heavy atom. The van der Waals surface area contributed by atoms with E-state index in [2.05, 4.69) is 20.8 Å². The Hall–Kier alpha value is -2.69. The monoisotopic (exact) mass is 357 g/mol. The van der Waals surface area contributed by atoms with E-state index in [1.165, 1.54) is 19.8 Å². The summed E-state index contributed by atoms with van der Waals surface area (Å²) >= 11 is 0. The summed E-state index contributed by atoms with van der Waals surface area (Å²) in [4.78, 5) is 14.6. The summed E-state index contributed by atoms with van der Waals surface area (Å²) in [6.45, 7) is 6.47. The van der Waals surface area contributed by atoms with Crippen molar-refractivity contribution < 1.29 is 19.0 Å². The van der Waals surface area contributed by atoms with E-state index >= 15 is 0 Å². The molecule has 0 fully saturated rings. The fourth-order valence-electron chi connectivity index (χ4n) is 2.75. The number of hydrogen-bond acceptors (Lipinski definition) is 4. The molecule has 26 heavy (non-hydrogen) atoms. The van der Waals surface area contributed by atoms with Crippen molar-refractivity contribution in [3.63, 3.8) is 0 Å². The second-order valence-corrected chi connectivity index (χ2v) is 7.04. The number of carbonyl (C=O) groups is 1. The van der Waals surface area contributed by atoms with Crippen LogP contribution in [0.15, 0.2) is 36.4 Å². The molecule has 0 bridgehead atoms. The highest BCUT2D eigenvalue weighted by Crippen LogP contribution is 2.40. The van der Waals surface area contributed by atoms with E-state index in [0.717, 1.165) is 5.69 Å². The molecule has 2 aromatic rings. The van der Waals surface area contributed by atoms with Crippen molar-refractivity contribution in [2.24, 2.45) is 0 Å². The first-order valence-electron chi connectivity index (χ1n) is 8.42. The second kappa shape index (κ2) is 7.68. The summed E-state index contributed by atoms with van der Waals surface area (Å²) in [6.07, 6.45) is 0. The van der Waals surface area contributed by atoms with Gasteiger partial charge >= 0.3 is 0 Å². The van der Waals surface area contributed by atoms with E-state index in [0.29, 0.717) is 22.8 Å². The van der Waals surface area contributed by atoms with Gasteiger partial charge in [-0.25, -0.2) is 0 Å². The molecule has 140 valence electrons. The molecule has 0 aliphatic rings. The Morgan fingerprint density at radius 2 is 1.42 bits per heavy atom. The fourth-order valence-corrected chi connectivity index (χ4v) is 2.75. The van der Waals surface area contributed by atoms with Crippen molar-refractivity contribution in [2.75, 3.05) is 33.3 Å². The molecule has 0 unspecified atom stereocenters. The quantitative estimate of drug-likeness (QED) is 0.801. The predicted molar refractivity (Wildman–Crippen MR) is 104 cm³/mol. The van der Waals surface area contributed by atoms with Gasteiger partial charge in [-0.15, -0.1) is 0 Å². The minimum absolute atomic E-state index is 0.0632. The van der Waals surface area contributed by atoms with Crippen molar-refractivity contribution in [1.29, 1.82) is 0 Å². The summed E-state index contributed by atoms with van der Waals surface area (Å²) in [7, 11) is 6.31. The van der Waals surface area contributed by atoms with E-state index in [4.69, 9.17) is 14.2 Å².